The van der Waals surface area contributed by atoms with Crippen molar-refractivity contribution in [3.8, 4) is 0 Å². The molecule has 2 rings (SSSR count). The summed E-state index contributed by atoms with van der Waals surface area (Å²) in [6, 6.07) is 6.85. The second-order valence-corrected chi connectivity index (χ2v) is 5.89. The molecule has 0 saturated carbocycles. The van der Waals surface area contributed by atoms with Gasteiger partial charge in [0.1, 0.15) is 17.3 Å². The lowest BCUT2D eigenvalue weighted by Gasteiger charge is -2.02. The van der Waals surface area contributed by atoms with E-state index in [1.807, 2.05) is 14.0 Å². The van der Waals surface area contributed by atoms with Crippen molar-refractivity contribution >= 4 is 10.0 Å². The maximum Gasteiger partial charge on any atom is 0.335 e. The summed E-state index contributed by atoms with van der Waals surface area (Å²) < 4.78 is 27.7. The topological polar surface area (TPSA) is 43.0 Å². The molecule has 0 spiro atoms. The van der Waals surface area contributed by atoms with Gasteiger partial charge in [-0.1, -0.05) is 17.7 Å². The molecule has 0 atom stereocenters. The lowest BCUT2D eigenvalue weighted by Crippen LogP contribution is -2.31. The normalized spacial score (nSPS) is 11.7. The van der Waals surface area contributed by atoms with Crippen molar-refractivity contribution < 1.29 is 13.0 Å². The van der Waals surface area contributed by atoms with Crippen LogP contribution in [0.1, 0.15) is 11.4 Å². The van der Waals surface area contributed by atoms with Gasteiger partial charge in [0, 0.05) is 6.92 Å². The van der Waals surface area contributed by atoms with E-state index in [0.717, 1.165) is 5.56 Å². The SMILES string of the molecule is Cc1ccc(S(=O)(=O)n2cc[n+](C)c2C)cc1. The van der Waals surface area contributed by atoms with Crippen molar-refractivity contribution in [1.82, 2.24) is 3.97 Å². The van der Waals surface area contributed by atoms with Gasteiger partial charge >= 0.3 is 10.0 Å². The summed E-state index contributed by atoms with van der Waals surface area (Å²) >= 11 is 0. The van der Waals surface area contributed by atoms with Crippen LogP contribution < -0.4 is 4.57 Å². The van der Waals surface area contributed by atoms with Crippen LogP contribution in [-0.4, -0.2) is 12.4 Å². The van der Waals surface area contributed by atoms with Crippen LogP contribution in [0.25, 0.3) is 0 Å². The fourth-order valence-electron chi connectivity index (χ4n) is 1.61. The Labute approximate surface area is 101 Å². The molecule has 0 aliphatic heterocycles. The predicted octanol–water partition coefficient (Wildman–Crippen LogP) is 1.17. The van der Waals surface area contributed by atoms with Crippen LogP contribution in [0, 0.1) is 13.8 Å². The molecule has 4 nitrogen and oxygen atoms in total. The zero-order valence-corrected chi connectivity index (χ0v) is 10.9. The van der Waals surface area contributed by atoms with Crippen LogP contribution >= 0.6 is 0 Å². The van der Waals surface area contributed by atoms with Gasteiger partial charge in [-0.05, 0) is 19.1 Å². The summed E-state index contributed by atoms with van der Waals surface area (Å²) in [5.74, 6) is 0.672. The molecule has 0 bridgehead atoms. The maximum atomic E-state index is 12.3. The number of rotatable bonds is 2. The second kappa shape index (κ2) is 4.00. The highest BCUT2D eigenvalue weighted by molar-refractivity contribution is 7.90. The van der Waals surface area contributed by atoms with Gasteiger partial charge in [-0.2, -0.15) is 8.42 Å². The van der Waals surface area contributed by atoms with E-state index in [0.29, 0.717) is 10.7 Å². The number of imidazole rings is 1. The van der Waals surface area contributed by atoms with E-state index >= 15 is 0 Å². The van der Waals surface area contributed by atoms with Crippen molar-refractivity contribution in [2.24, 2.45) is 7.05 Å². The van der Waals surface area contributed by atoms with Gasteiger partial charge < -0.3 is 0 Å². The van der Waals surface area contributed by atoms with Crippen molar-refractivity contribution in [3.05, 3.63) is 48.0 Å². The predicted molar refractivity (Wildman–Crippen MR) is 64.1 cm³/mol. The average molecular weight is 251 g/mol. The third kappa shape index (κ3) is 1.98. The molecular formula is C12H15N2O2S+. The number of aryl methyl sites for hydroxylation is 2. The van der Waals surface area contributed by atoms with Gasteiger partial charge in [0.2, 0.25) is 0 Å². The van der Waals surface area contributed by atoms with Crippen LogP contribution in [-0.2, 0) is 17.1 Å². The first-order valence-corrected chi connectivity index (χ1v) is 6.73. The molecule has 5 heteroatoms. The Hall–Kier alpha value is -1.62. The molecule has 0 fully saturated rings. The van der Waals surface area contributed by atoms with Gasteiger partial charge in [0.05, 0.1) is 7.05 Å². The van der Waals surface area contributed by atoms with E-state index in [-0.39, 0.29) is 0 Å². The van der Waals surface area contributed by atoms with Crippen molar-refractivity contribution in [2.45, 2.75) is 18.7 Å². The summed E-state index contributed by atoms with van der Waals surface area (Å²) in [5.41, 5.74) is 1.04. The Morgan fingerprint density at radius 2 is 1.71 bits per heavy atom. The quantitative estimate of drug-likeness (QED) is 0.752. The van der Waals surface area contributed by atoms with E-state index in [4.69, 9.17) is 0 Å². The highest BCUT2D eigenvalue weighted by Gasteiger charge is 2.25. The molecule has 0 radical (unpaired) electrons. The third-order valence-electron chi connectivity index (χ3n) is 2.83. The van der Waals surface area contributed by atoms with Crippen LogP contribution in [0.15, 0.2) is 41.6 Å². The average Bonchev–Trinajstić information content (AvgIpc) is 2.61. The Morgan fingerprint density at radius 1 is 1.12 bits per heavy atom. The molecule has 0 N–H and O–H groups in total. The van der Waals surface area contributed by atoms with E-state index < -0.39 is 10.0 Å². The largest absolute Gasteiger partial charge is 0.335 e. The number of nitrogens with zero attached hydrogens (tertiary/aromatic N) is 2. The standard InChI is InChI=1S/C12H15N2O2S/c1-10-4-6-12(7-5-10)17(15,16)14-9-8-13(3)11(14)2/h4-9H,1-3H3/q+1. The summed E-state index contributed by atoms with van der Waals surface area (Å²) in [7, 11) is -1.65. The molecule has 0 unspecified atom stereocenters. The van der Waals surface area contributed by atoms with E-state index in [1.165, 1.54) is 3.97 Å². The Balaban J connectivity index is 2.58. The van der Waals surface area contributed by atoms with Gasteiger partial charge in [-0.25, -0.2) is 4.57 Å². The minimum atomic E-state index is -3.47. The van der Waals surface area contributed by atoms with E-state index in [9.17, 15) is 8.42 Å². The zero-order valence-electron chi connectivity index (χ0n) is 10.1. The number of aromatic nitrogens is 2. The molecule has 1 aromatic carbocycles. The van der Waals surface area contributed by atoms with Crippen LogP contribution in [0.3, 0.4) is 0 Å². The smallest absolute Gasteiger partial charge is 0.236 e. The molecule has 0 aliphatic rings. The van der Waals surface area contributed by atoms with E-state index in [1.54, 1.807) is 48.1 Å². The molecule has 1 heterocycles. The molecule has 0 aliphatic carbocycles. The molecule has 90 valence electrons. The van der Waals surface area contributed by atoms with Crippen LogP contribution in [0.2, 0.25) is 0 Å². The molecule has 17 heavy (non-hydrogen) atoms. The minimum Gasteiger partial charge on any atom is -0.236 e. The Bertz CT molecular complexity index is 640. The third-order valence-corrected chi connectivity index (χ3v) is 4.60. The summed E-state index contributed by atoms with van der Waals surface area (Å²) in [6.07, 6.45) is 3.28. The van der Waals surface area contributed by atoms with Crippen molar-refractivity contribution in [2.75, 3.05) is 0 Å². The van der Waals surface area contributed by atoms with Crippen LogP contribution in [0.4, 0.5) is 0 Å². The lowest BCUT2D eigenvalue weighted by molar-refractivity contribution is -0.676. The van der Waals surface area contributed by atoms with Gasteiger partial charge in [-0.15, -0.1) is 3.97 Å². The Morgan fingerprint density at radius 3 is 2.18 bits per heavy atom. The maximum absolute atomic E-state index is 12.3. The van der Waals surface area contributed by atoms with Gasteiger partial charge in [-0.3, -0.25) is 0 Å². The van der Waals surface area contributed by atoms with Crippen molar-refractivity contribution in [3.63, 3.8) is 0 Å². The first-order valence-electron chi connectivity index (χ1n) is 5.29. The second-order valence-electron chi connectivity index (χ2n) is 4.07. The van der Waals surface area contributed by atoms with Gasteiger partial charge in [0.15, 0.2) is 0 Å². The summed E-state index contributed by atoms with van der Waals surface area (Å²) in [6.45, 7) is 3.70. The fraction of sp³-hybridized carbons (Fsp3) is 0.250. The molecule has 1 aromatic heterocycles. The van der Waals surface area contributed by atoms with Crippen molar-refractivity contribution in [1.29, 1.82) is 0 Å². The van der Waals surface area contributed by atoms with E-state index in [2.05, 4.69) is 0 Å². The number of hydrogen-bond donors (Lipinski definition) is 0. The highest BCUT2D eigenvalue weighted by atomic mass is 32.2. The lowest BCUT2D eigenvalue weighted by atomic mass is 10.2. The monoisotopic (exact) mass is 251 g/mol. The molecule has 0 saturated heterocycles. The van der Waals surface area contributed by atoms with Crippen LogP contribution in [0.5, 0.6) is 0 Å². The fourth-order valence-corrected chi connectivity index (χ4v) is 3.01. The molecule has 0 amide bonds. The first kappa shape index (κ1) is 11.9. The number of hydrogen-bond acceptors (Lipinski definition) is 2. The Kier molecular flexibility index (Phi) is 2.79. The first-order chi connectivity index (χ1) is 7.93. The zero-order chi connectivity index (χ0) is 12.6. The number of benzene rings is 1. The summed E-state index contributed by atoms with van der Waals surface area (Å²) in [5, 5.41) is 0. The molecular weight excluding hydrogens is 236 g/mol. The highest BCUT2D eigenvalue weighted by Crippen LogP contribution is 2.14. The molecule has 2 aromatic rings. The summed E-state index contributed by atoms with van der Waals surface area (Å²) in [4.78, 5) is 0.308. The van der Waals surface area contributed by atoms with Gasteiger partial charge in [0.25, 0.3) is 5.82 Å². The minimum absolute atomic E-state index is 0.308.